The second-order valence-electron chi connectivity index (χ2n) is 5.12. The van der Waals surface area contributed by atoms with Crippen molar-refractivity contribution in [1.82, 2.24) is 0 Å². The quantitative estimate of drug-likeness (QED) is 0.656. The van der Waals surface area contributed by atoms with E-state index in [0.29, 0.717) is 43.1 Å². The summed E-state index contributed by atoms with van der Waals surface area (Å²) < 4.78 is 25.5. The Morgan fingerprint density at radius 2 is 1.71 bits per heavy atom. The fourth-order valence-corrected chi connectivity index (χ4v) is 2.01. The molecule has 0 saturated heterocycles. The third-order valence-corrected chi connectivity index (χ3v) is 3.21. The molecule has 0 heterocycles. The van der Waals surface area contributed by atoms with Crippen molar-refractivity contribution in [2.45, 2.75) is 52.4 Å². The average molecular weight is 293 g/mol. The van der Waals surface area contributed by atoms with E-state index in [1.807, 2.05) is 20.8 Å². The highest BCUT2D eigenvalue weighted by Gasteiger charge is 2.16. The molecule has 1 rings (SSSR count). The number of rotatable bonds is 9. The zero-order chi connectivity index (χ0) is 15.7. The normalized spacial score (nSPS) is 11.8. The molecule has 1 aromatic carbocycles. The van der Waals surface area contributed by atoms with Gasteiger partial charge in [0, 0.05) is 12.5 Å². The molecule has 0 amide bonds. The number of hydrogen-bond donors (Lipinski definition) is 0. The molecule has 0 aliphatic heterocycles. The number of nitriles is 1. The zero-order valence-electron chi connectivity index (χ0n) is 13.1. The van der Waals surface area contributed by atoms with Gasteiger partial charge in [-0.15, -0.1) is 0 Å². The van der Waals surface area contributed by atoms with Gasteiger partial charge in [-0.3, -0.25) is 0 Å². The van der Waals surface area contributed by atoms with Gasteiger partial charge in [-0.25, -0.2) is 4.39 Å². The third-order valence-electron chi connectivity index (χ3n) is 3.21. The number of hydrogen-bond acceptors (Lipinski definition) is 3. The Balaban J connectivity index is 3.01. The van der Waals surface area contributed by atoms with E-state index in [4.69, 9.17) is 14.7 Å². The van der Waals surface area contributed by atoms with E-state index in [1.165, 1.54) is 6.07 Å². The SMILES string of the molecule is CCCOc1cc(F)c(C(C)CCC#N)cc1OCCC. The first kappa shape index (κ1) is 17.3. The highest BCUT2D eigenvalue weighted by molar-refractivity contribution is 5.45. The number of nitrogens with zero attached hydrogens (tertiary/aromatic N) is 1. The molecule has 1 atom stereocenters. The number of halogens is 1. The molecule has 0 radical (unpaired) electrons. The Hall–Kier alpha value is -1.76. The molecule has 1 unspecified atom stereocenters. The molecule has 0 bridgehead atoms. The largest absolute Gasteiger partial charge is 0.490 e. The summed E-state index contributed by atoms with van der Waals surface area (Å²) >= 11 is 0. The second-order valence-corrected chi connectivity index (χ2v) is 5.12. The average Bonchev–Trinajstić information content (AvgIpc) is 2.49. The zero-order valence-corrected chi connectivity index (χ0v) is 13.1. The van der Waals surface area contributed by atoms with Crippen molar-refractivity contribution < 1.29 is 13.9 Å². The number of ether oxygens (including phenoxy) is 2. The first-order valence-electron chi connectivity index (χ1n) is 7.59. The van der Waals surface area contributed by atoms with Crippen LogP contribution in [0.4, 0.5) is 4.39 Å². The molecular weight excluding hydrogens is 269 g/mol. The minimum atomic E-state index is -0.296. The van der Waals surface area contributed by atoms with Crippen LogP contribution in [0.3, 0.4) is 0 Å². The molecular formula is C17H24FNO2. The summed E-state index contributed by atoms with van der Waals surface area (Å²) in [6, 6.07) is 5.22. The van der Waals surface area contributed by atoms with Crippen LogP contribution < -0.4 is 9.47 Å². The minimum absolute atomic E-state index is 0.0196. The van der Waals surface area contributed by atoms with Gasteiger partial charge in [0.1, 0.15) is 5.82 Å². The highest BCUT2D eigenvalue weighted by atomic mass is 19.1. The van der Waals surface area contributed by atoms with Crippen LogP contribution in [-0.4, -0.2) is 13.2 Å². The molecule has 116 valence electrons. The van der Waals surface area contributed by atoms with Gasteiger partial charge in [0.25, 0.3) is 0 Å². The molecule has 4 heteroatoms. The summed E-state index contributed by atoms with van der Waals surface area (Å²) in [4.78, 5) is 0. The van der Waals surface area contributed by atoms with Gasteiger partial charge < -0.3 is 9.47 Å². The van der Waals surface area contributed by atoms with Crippen LogP contribution in [0.15, 0.2) is 12.1 Å². The molecule has 21 heavy (non-hydrogen) atoms. The van der Waals surface area contributed by atoms with Gasteiger partial charge >= 0.3 is 0 Å². The van der Waals surface area contributed by atoms with Crippen molar-refractivity contribution >= 4 is 0 Å². The Kier molecular flexibility index (Phi) is 7.60. The van der Waals surface area contributed by atoms with E-state index < -0.39 is 0 Å². The molecule has 0 saturated carbocycles. The van der Waals surface area contributed by atoms with Crippen LogP contribution in [0.5, 0.6) is 11.5 Å². The van der Waals surface area contributed by atoms with Crippen LogP contribution >= 0.6 is 0 Å². The van der Waals surface area contributed by atoms with Crippen molar-refractivity contribution in [3.63, 3.8) is 0 Å². The maximum atomic E-state index is 14.2. The summed E-state index contributed by atoms with van der Waals surface area (Å²) in [6.07, 6.45) is 2.79. The van der Waals surface area contributed by atoms with Crippen molar-refractivity contribution in [1.29, 1.82) is 5.26 Å². The first-order chi connectivity index (χ1) is 10.1. The fourth-order valence-electron chi connectivity index (χ4n) is 2.01. The Morgan fingerprint density at radius 3 is 2.24 bits per heavy atom. The standard InChI is InChI=1S/C17H24FNO2/c1-4-9-20-16-11-14(13(3)7-6-8-19)15(18)12-17(16)21-10-5-2/h11-13H,4-7,9-10H2,1-3H3. The van der Waals surface area contributed by atoms with E-state index in [2.05, 4.69) is 6.07 Å². The summed E-state index contributed by atoms with van der Waals surface area (Å²) in [6.45, 7) is 7.05. The van der Waals surface area contributed by atoms with Crippen LogP contribution in [-0.2, 0) is 0 Å². The van der Waals surface area contributed by atoms with Gasteiger partial charge in [0.2, 0.25) is 0 Å². The molecule has 0 aliphatic carbocycles. The van der Waals surface area contributed by atoms with E-state index in [0.717, 1.165) is 12.8 Å². The highest BCUT2D eigenvalue weighted by Crippen LogP contribution is 2.35. The molecule has 0 fully saturated rings. The molecule has 3 nitrogen and oxygen atoms in total. The van der Waals surface area contributed by atoms with Crippen LogP contribution in [0, 0.1) is 17.1 Å². The third kappa shape index (κ3) is 5.26. The van der Waals surface area contributed by atoms with Crippen molar-refractivity contribution in [3.8, 4) is 17.6 Å². The van der Waals surface area contributed by atoms with Crippen LogP contribution in [0.1, 0.15) is 57.9 Å². The monoisotopic (exact) mass is 293 g/mol. The van der Waals surface area contributed by atoms with Gasteiger partial charge in [0.15, 0.2) is 11.5 Å². The second kappa shape index (κ2) is 9.23. The van der Waals surface area contributed by atoms with Crippen LogP contribution in [0.2, 0.25) is 0 Å². The lowest BCUT2D eigenvalue weighted by Crippen LogP contribution is -2.05. The van der Waals surface area contributed by atoms with Gasteiger partial charge in [0.05, 0.1) is 19.3 Å². The van der Waals surface area contributed by atoms with Crippen molar-refractivity contribution in [2.75, 3.05) is 13.2 Å². The minimum Gasteiger partial charge on any atom is -0.490 e. The lowest BCUT2D eigenvalue weighted by Gasteiger charge is -2.17. The molecule has 0 aromatic heterocycles. The fraction of sp³-hybridized carbons (Fsp3) is 0.588. The van der Waals surface area contributed by atoms with E-state index in [1.54, 1.807) is 6.07 Å². The summed E-state index contributed by atoms with van der Waals surface area (Å²) in [5.74, 6) is 0.730. The van der Waals surface area contributed by atoms with Crippen molar-refractivity contribution in [3.05, 3.63) is 23.5 Å². The molecule has 0 aliphatic rings. The topological polar surface area (TPSA) is 42.2 Å². The van der Waals surface area contributed by atoms with Crippen molar-refractivity contribution in [2.24, 2.45) is 0 Å². The summed E-state index contributed by atoms with van der Waals surface area (Å²) in [5.41, 5.74) is 0.584. The lowest BCUT2D eigenvalue weighted by molar-refractivity contribution is 0.266. The van der Waals surface area contributed by atoms with Gasteiger partial charge in [-0.1, -0.05) is 20.8 Å². The summed E-state index contributed by atoms with van der Waals surface area (Å²) in [5, 5.41) is 8.65. The van der Waals surface area contributed by atoms with E-state index in [9.17, 15) is 4.39 Å². The maximum Gasteiger partial charge on any atom is 0.164 e. The Morgan fingerprint density at radius 1 is 1.14 bits per heavy atom. The predicted octanol–water partition coefficient (Wildman–Crippen LogP) is 4.81. The smallest absolute Gasteiger partial charge is 0.164 e. The molecule has 0 spiro atoms. The van der Waals surface area contributed by atoms with E-state index >= 15 is 0 Å². The molecule has 1 aromatic rings. The van der Waals surface area contributed by atoms with E-state index in [-0.39, 0.29) is 11.7 Å². The first-order valence-corrected chi connectivity index (χ1v) is 7.59. The maximum absolute atomic E-state index is 14.2. The predicted molar refractivity (Wildman–Crippen MR) is 81.2 cm³/mol. The Bertz CT molecular complexity index is 482. The van der Waals surface area contributed by atoms with Gasteiger partial charge in [-0.2, -0.15) is 5.26 Å². The van der Waals surface area contributed by atoms with Crippen LogP contribution in [0.25, 0.3) is 0 Å². The number of benzene rings is 1. The Labute approximate surface area is 126 Å². The molecule has 0 N–H and O–H groups in total. The van der Waals surface area contributed by atoms with Gasteiger partial charge in [-0.05, 0) is 36.8 Å². The summed E-state index contributed by atoms with van der Waals surface area (Å²) in [7, 11) is 0. The lowest BCUT2D eigenvalue weighted by atomic mass is 9.95.